The maximum Gasteiger partial charge on any atom is 0.315 e. The van der Waals surface area contributed by atoms with E-state index < -0.39 is 0 Å². The average Bonchev–Trinajstić information content (AvgIpc) is 2.76. The van der Waals surface area contributed by atoms with Gasteiger partial charge in [0.2, 0.25) is 5.89 Å². The van der Waals surface area contributed by atoms with E-state index in [0.717, 1.165) is 13.0 Å². The van der Waals surface area contributed by atoms with Gasteiger partial charge in [0.25, 0.3) is 0 Å². The molecule has 4 nitrogen and oxygen atoms in total. The molecule has 0 amide bonds. The topological polar surface area (TPSA) is 51.0 Å². The van der Waals surface area contributed by atoms with Crippen LogP contribution in [0.15, 0.2) is 4.42 Å². The van der Waals surface area contributed by atoms with E-state index in [1.807, 2.05) is 11.8 Å². The standard InChI is InChI=1S/C11H20ClN3OS/c1-17-9-5-3-2-4-8-13-11-15-14-10(16-11)6-7-12/h2-9H2,1H3,(H,13,15). The molecule has 0 bridgehead atoms. The molecule has 0 fully saturated rings. The van der Waals surface area contributed by atoms with E-state index in [2.05, 4.69) is 21.8 Å². The van der Waals surface area contributed by atoms with Crippen molar-refractivity contribution in [1.82, 2.24) is 10.2 Å². The first-order valence-electron chi connectivity index (χ1n) is 5.98. The lowest BCUT2D eigenvalue weighted by Crippen LogP contribution is -2.01. The molecule has 0 saturated carbocycles. The third kappa shape index (κ3) is 6.78. The predicted octanol–water partition coefficient (Wildman–Crippen LogP) is 3.19. The summed E-state index contributed by atoms with van der Waals surface area (Å²) in [6, 6.07) is 0.509. The highest BCUT2D eigenvalue weighted by molar-refractivity contribution is 7.98. The SMILES string of the molecule is CSCCCCCCNc1nnc(CCCl)o1. The van der Waals surface area contributed by atoms with Crippen molar-refractivity contribution >= 4 is 29.4 Å². The van der Waals surface area contributed by atoms with E-state index in [9.17, 15) is 0 Å². The fourth-order valence-electron chi connectivity index (χ4n) is 1.43. The predicted molar refractivity (Wildman–Crippen MR) is 74.1 cm³/mol. The van der Waals surface area contributed by atoms with Crippen molar-refractivity contribution in [1.29, 1.82) is 0 Å². The van der Waals surface area contributed by atoms with Crippen molar-refractivity contribution in [2.24, 2.45) is 0 Å². The van der Waals surface area contributed by atoms with Gasteiger partial charge in [0, 0.05) is 18.8 Å². The third-order valence-corrected chi connectivity index (χ3v) is 3.21. The minimum atomic E-state index is 0.509. The molecular formula is C11H20ClN3OS. The summed E-state index contributed by atoms with van der Waals surface area (Å²) in [6.45, 7) is 0.891. The summed E-state index contributed by atoms with van der Waals surface area (Å²) in [5, 5.41) is 10.9. The summed E-state index contributed by atoms with van der Waals surface area (Å²) >= 11 is 7.49. The minimum Gasteiger partial charge on any atom is -0.408 e. The summed E-state index contributed by atoms with van der Waals surface area (Å²) in [7, 11) is 0. The molecule has 1 rings (SSSR count). The second kappa shape index (κ2) is 9.59. The van der Waals surface area contributed by atoms with Crippen molar-refractivity contribution in [2.75, 3.05) is 29.8 Å². The van der Waals surface area contributed by atoms with Gasteiger partial charge in [0.05, 0.1) is 0 Å². The number of nitrogens with zero attached hydrogens (tertiary/aromatic N) is 2. The molecule has 0 atom stereocenters. The van der Waals surface area contributed by atoms with Crippen LogP contribution in [0.25, 0.3) is 0 Å². The van der Waals surface area contributed by atoms with Crippen LogP contribution in [0.4, 0.5) is 6.01 Å². The van der Waals surface area contributed by atoms with Crippen molar-refractivity contribution in [3.05, 3.63) is 5.89 Å². The van der Waals surface area contributed by atoms with Gasteiger partial charge in [-0.1, -0.05) is 17.9 Å². The molecule has 0 aliphatic heterocycles. The van der Waals surface area contributed by atoms with E-state index in [1.165, 1.54) is 25.0 Å². The fraction of sp³-hybridized carbons (Fsp3) is 0.818. The van der Waals surface area contributed by atoms with Crippen molar-refractivity contribution in [3.63, 3.8) is 0 Å². The van der Waals surface area contributed by atoms with Crippen LogP contribution in [0.2, 0.25) is 0 Å². The Morgan fingerprint density at radius 3 is 2.82 bits per heavy atom. The molecule has 6 heteroatoms. The Morgan fingerprint density at radius 1 is 1.24 bits per heavy atom. The zero-order chi connectivity index (χ0) is 12.3. The van der Waals surface area contributed by atoms with Gasteiger partial charge in [-0.25, -0.2) is 0 Å². The van der Waals surface area contributed by atoms with E-state index in [0.29, 0.717) is 24.2 Å². The highest BCUT2D eigenvalue weighted by atomic mass is 35.5. The van der Waals surface area contributed by atoms with Gasteiger partial charge in [-0.15, -0.1) is 16.7 Å². The Kier molecular flexibility index (Phi) is 8.26. The summed E-state index contributed by atoms with van der Waals surface area (Å²) < 4.78 is 5.35. The summed E-state index contributed by atoms with van der Waals surface area (Å²) in [5.41, 5.74) is 0. The Labute approximate surface area is 112 Å². The molecule has 1 N–H and O–H groups in total. The number of halogens is 1. The number of nitrogens with one attached hydrogen (secondary N) is 1. The van der Waals surface area contributed by atoms with Crippen LogP contribution in [0.3, 0.4) is 0 Å². The summed E-state index contributed by atoms with van der Waals surface area (Å²) in [6.07, 6.45) is 7.77. The number of thioether (sulfide) groups is 1. The lowest BCUT2D eigenvalue weighted by Gasteiger charge is -2.01. The van der Waals surface area contributed by atoms with Crippen LogP contribution >= 0.6 is 23.4 Å². The van der Waals surface area contributed by atoms with Crippen molar-refractivity contribution in [2.45, 2.75) is 32.1 Å². The smallest absolute Gasteiger partial charge is 0.315 e. The van der Waals surface area contributed by atoms with Crippen molar-refractivity contribution < 1.29 is 4.42 Å². The van der Waals surface area contributed by atoms with Crippen molar-refractivity contribution in [3.8, 4) is 0 Å². The van der Waals surface area contributed by atoms with Crippen LogP contribution in [-0.2, 0) is 6.42 Å². The monoisotopic (exact) mass is 277 g/mol. The molecule has 98 valence electrons. The van der Waals surface area contributed by atoms with Gasteiger partial charge in [-0.3, -0.25) is 0 Å². The number of alkyl halides is 1. The van der Waals surface area contributed by atoms with Gasteiger partial charge in [-0.2, -0.15) is 11.8 Å². The molecule has 1 heterocycles. The lowest BCUT2D eigenvalue weighted by atomic mass is 10.2. The van der Waals surface area contributed by atoms with Gasteiger partial charge in [-0.05, 0) is 24.9 Å². The highest BCUT2D eigenvalue weighted by Crippen LogP contribution is 2.08. The van der Waals surface area contributed by atoms with Crippen LogP contribution < -0.4 is 5.32 Å². The number of anilines is 1. The Bertz CT molecular complexity index is 296. The molecule has 0 aliphatic rings. The van der Waals surface area contributed by atoms with Gasteiger partial charge in [0.1, 0.15) is 0 Å². The molecule has 0 aromatic carbocycles. The molecule has 0 radical (unpaired) electrons. The fourth-order valence-corrected chi connectivity index (χ4v) is 2.08. The molecule has 1 aromatic rings. The molecule has 0 unspecified atom stereocenters. The largest absolute Gasteiger partial charge is 0.408 e. The Balaban J connectivity index is 2.01. The highest BCUT2D eigenvalue weighted by Gasteiger charge is 2.03. The Hall–Kier alpha value is -0.420. The van der Waals surface area contributed by atoms with E-state index in [4.69, 9.17) is 16.0 Å². The summed E-state index contributed by atoms with van der Waals surface area (Å²) in [5.74, 6) is 2.37. The number of hydrogen-bond acceptors (Lipinski definition) is 5. The van der Waals surface area contributed by atoms with Crippen LogP contribution in [-0.4, -0.2) is 34.6 Å². The third-order valence-electron chi connectivity index (χ3n) is 2.33. The molecule has 17 heavy (non-hydrogen) atoms. The number of aryl methyl sites for hydroxylation is 1. The van der Waals surface area contributed by atoms with Gasteiger partial charge >= 0.3 is 6.01 Å². The zero-order valence-electron chi connectivity index (χ0n) is 10.2. The quantitative estimate of drug-likeness (QED) is 0.526. The maximum atomic E-state index is 5.58. The molecule has 1 aromatic heterocycles. The first-order chi connectivity index (χ1) is 8.36. The lowest BCUT2D eigenvalue weighted by molar-refractivity contribution is 0.511. The van der Waals surface area contributed by atoms with Crippen LogP contribution in [0.5, 0.6) is 0 Å². The first kappa shape index (κ1) is 14.6. The van der Waals surface area contributed by atoms with Crippen LogP contribution in [0, 0.1) is 0 Å². The zero-order valence-corrected chi connectivity index (χ0v) is 11.8. The summed E-state index contributed by atoms with van der Waals surface area (Å²) in [4.78, 5) is 0. The van der Waals surface area contributed by atoms with E-state index in [-0.39, 0.29) is 0 Å². The Morgan fingerprint density at radius 2 is 2.06 bits per heavy atom. The molecule has 0 aliphatic carbocycles. The number of aromatic nitrogens is 2. The first-order valence-corrected chi connectivity index (χ1v) is 7.91. The molecular weight excluding hydrogens is 258 g/mol. The second-order valence-electron chi connectivity index (χ2n) is 3.77. The number of unbranched alkanes of at least 4 members (excludes halogenated alkanes) is 3. The second-order valence-corrected chi connectivity index (χ2v) is 5.14. The van der Waals surface area contributed by atoms with Gasteiger partial charge < -0.3 is 9.73 Å². The van der Waals surface area contributed by atoms with E-state index in [1.54, 1.807) is 0 Å². The number of hydrogen-bond donors (Lipinski definition) is 1. The maximum absolute atomic E-state index is 5.58. The average molecular weight is 278 g/mol. The molecule has 0 spiro atoms. The normalized spacial score (nSPS) is 10.7. The number of rotatable bonds is 10. The van der Waals surface area contributed by atoms with Crippen LogP contribution in [0.1, 0.15) is 31.6 Å². The van der Waals surface area contributed by atoms with Gasteiger partial charge in [0.15, 0.2) is 0 Å². The molecule has 0 saturated heterocycles. The minimum absolute atomic E-state index is 0.509. The van der Waals surface area contributed by atoms with E-state index >= 15 is 0 Å².